The molecule has 8 atom stereocenters. The summed E-state index contributed by atoms with van der Waals surface area (Å²) in [6.45, 7) is 9.60. The number of hydrogen-bond donors (Lipinski definition) is 0. The first kappa shape index (κ1) is 19.8. The predicted octanol–water partition coefficient (Wildman–Crippen LogP) is 5.87. The highest BCUT2D eigenvalue weighted by atomic mass is 16.6. The highest BCUT2D eigenvalue weighted by Crippen LogP contribution is 2.72. The Bertz CT molecular complexity index is 768. The molecular formula is C26H38O3. The lowest BCUT2D eigenvalue weighted by atomic mass is 9.43. The summed E-state index contributed by atoms with van der Waals surface area (Å²) in [6, 6.07) is 0. The van der Waals surface area contributed by atoms with E-state index in [2.05, 4.69) is 27.7 Å². The molecule has 0 aromatic heterocycles. The van der Waals surface area contributed by atoms with E-state index in [1.54, 1.807) is 0 Å². The molecule has 0 aromatic rings. The van der Waals surface area contributed by atoms with Crippen molar-refractivity contribution < 1.29 is 14.3 Å². The van der Waals surface area contributed by atoms with Gasteiger partial charge in [-0.3, -0.25) is 9.59 Å². The Morgan fingerprint density at radius 1 is 1.10 bits per heavy atom. The van der Waals surface area contributed by atoms with Crippen molar-refractivity contribution in [2.75, 3.05) is 0 Å². The van der Waals surface area contributed by atoms with Gasteiger partial charge in [0.25, 0.3) is 0 Å². The summed E-state index contributed by atoms with van der Waals surface area (Å²) in [5.74, 6) is 3.56. The number of ether oxygens (including phenoxy) is 1. The van der Waals surface area contributed by atoms with Gasteiger partial charge in [-0.05, 0) is 79.6 Å². The Hall–Kier alpha value is -1.12. The second-order valence-corrected chi connectivity index (χ2v) is 11.6. The summed E-state index contributed by atoms with van der Waals surface area (Å²) in [5, 5.41) is 0. The normalized spacial score (nSPS) is 51.3. The summed E-state index contributed by atoms with van der Waals surface area (Å²) in [5.41, 5.74) is 1.56. The van der Waals surface area contributed by atoms with E-state index in [4.69, 9.17) is 4.74 Å². The Morgan fingerprint density at radius 3 is 2.59 bits per heavy atom. The van der Waals surface area contributed by atoms with Gasteiger partial charge in [-0.1, -0.05) is 46.1 Å². The van der Waals surface area contributed by atoms with Crippen LogP contribution in [0.2, 0.25) is 0 Å². The number of fused-ring (bicyclic) bond motifs is 6. The van der Waals surface area contributed by atoms with E-state index in [-0.39, 0.29) is 22.4 Å². The molecule has 1 aliphatic heterocycles. The molecule has 3 nitrogen and oxygen atoms in total. The van der Waals surface area contributed by atoms with Crippen LogP contribution in [0.3, 0.4) is 0 Å². The van der Waals surface area contributed by atoms with Crippen molar-refractivity contribution in [2.45, 2.75) is 97.5 Å². The van der Waals surface area contributed by atoms with Gasteiger partial charge in [0.05, 0.1) is 0 Å². The largest absolute Gasteiger partial charge is 0.458 e. The average Bonchev–Trinajstić information content (AvgIpc) is 3.17. The van der Waals surface area contributed by atoms with Crippen LogP contribution in [0, 0.1) is 40.4 Å². The number of esters is 1. The van der Waals surface area contributed by atoms with Crippen molar-refractivity contribution in [1.29, 1.82) is 0 Å². The van der Waals surface area contributed by atoms with Crippen LogP contribution in [0.1, 0.15) is 91.9 Å². The quantitative estimate of drug-likeness (QED) is 0.547. The minimum absolute atomic E-state index is 0.0255. The van der Waals surface area contributed by atoms with Gasteiger partial charge < -0.3 is 4.74 Å². The second-order valence-electron chi connectivity index (χ2n) is 11.6. The molecule has 1 spiro atoms. The highest BCUT2D eigenvalue weighted by Gasteiger charge is 2.70. The second kappa shape index (κ2) is 6.44. The average molecular weight is 399 g/mol. The van der Waals surface area contributed by atoms with E-state index in [0.29, 0.717) is 41.8 Å². The van der Waals surface area contributed by atoms with E-state index in [9.17, 15) is 9.59 Å². The molecule has 0 radical (unpaired) electrons. The fraction of sp³-hybridized carbons (Fsp3) is 0.846. The Morgan fingerprint density at radius 2 is 1.90 bits per heavy atom. The van der Waals surface area contributed by atoms with Gasteiger partial charge in [0, 0.05) is 18.3 Å². The van der Waals surface area contributed by atoms with Crippen LogP contribution in [0.4, 0.5) is 0 Å². The fourth-order valence-corrected chi connectivity index (χ4v) is 9.13. The van der Waals surface area contributed by atoms with Crippen LogP contribution >= 0.6 is 0 Å². The van der Waals surface area contributed by atoms with Crippen molar-refractivity contribution >= 4 is 11.8 Å². The van der Waals surface area contributed by atoms with Gasteiger partial charge in [-0.2, -0.15) is 0 Å². The molecule has 1 saturated heterocycles. The van der Waals surface area contributed by atoms with E-state index in [0.717, 1.165) is 25.7 Å². The molecule has 5 aliphatic rings. The minimum atomic E-state index is -0.226. The lowest BCUT2D eigenvalue weighted by Crippen LogP contribution is -2.57. The third-order valence-corrected chi connectivity index (χ3v) is 10.6. The summed E-state index contributed by atoms with van der Waals surface area (Å²) >= 11 is 0. The van der Waals surface area contributed by atoms with Crippen molar-refractivity contribution in [3.8, 4) is 0 Å². The van der Waals surface area contributed by atoms with Crippen LogP contribution in [-0.2, 0) is 14.3 Å². The Labute approximate surface area is 176 Å². The first-order chi connectivity index (χ1) is 13.7. The number of ketones is 1. The monoisotopic (exact) mass is 398 g/mol. The molecule has 29 heavy (non-hydrogen) atoms. The molecule has 5 rings (SSSR count). The molecule has 3 saturated carbocycles. The summed E-state index contributed by atoms with van der Waals surface area (Å²) in [4.78, 5) is 24.5. The zero-order valence-corrected chi connectivity index (χ0v) is 18.8. The molecule has 7 unspecified atom stereocenters. The number of hydrogen-bond acceptors (Lipinski definition) is 3. The molecule has 3 heteroatoms. The molecule has 0 bridgehead atoms. The first-order valence-electron chi connectivity index (χ1n) is 12.2. The number of rotatable bonds is 2. The van der Waals surface area contributed by atoms with Crippen LogP contribution < -0.4 is 0 Å². The van der Waals surface area contributed by atoms with Gasteiger partial charge in [-0.15, -0.1) is 0 Å². The highest BCUT2D eigenvalue weighted by molar-refractivity contribution is 5.91. The summed E-state index contributed by atoms with van der Waals surface area (Å²) in [6.07, 6.45) is 12.5. The fourth-order valence-electron chi connectivity index (χ4n) is 9.13. The van der Waals surface area contributed by atoms with Crippen molar-refractivity contribution in [3.05, 3.63) is 11.6 Å². The molecule has 4 fully saturated rings. The van der Waals surface area contributed by atoms with Crippen LogP contribution in [0.5, 0.6) is 0 Å². The molecule has 0 aromatic carbocycles. The molecular weight excluding hydrogens is 360 g/mol. The zero-order valence-electron chi connectivity index (χ0n) is 18.8. The topological polar surface area (TPSA) is 43.4 Å². The lowest BCUT2D eigenvalue weighted by Gasteiger charge is -2.61. The van der Waals surface area contributed by atoms with E-state index >= 15 is 0 Å². The van der Waals surface area contributed by atoms with Crippen LogP contribution in [0.25, 0.3) is 0 Å². The molecule has 0 N–H and O–H groups in total. The van der Waals surface area contributed by atoms with Crippen molar-refractivity contribution in [3.63, 3.8) is 0 Å². The van der Waals surface area contributed by atoms with Crippen LogP contribution in [-0.4, -0.2) is 17.4 Å². The maximum Gasteiger partial charge on any atom is 0.306 e. The molecule has 0 amide bonds. The third-order valence-electron chi connectivity index (χ3n) is 10.6. The number of carbonyl (C=O) groups excluding carboxylic acids is 2. The van der Waals surface area contributed by atoms with E-state index in [1.807, 2.05) is 6.08 Å². The summed E-state index contributed by atoms with van der Waals surface area (Å²) in [7, 11) is 0. The summed E-state index contributed by atoms with van der Waals surface area (Å²) < 4.78 is 6.22. The number of carbonyl (C=O) groups is 2. The zero-order chi connectivity index (χ0) is 20.6. The smallest absolute Gasteiger partial charge is 0.306 e. The maximum atomic E-state index is 12.2. The van der Waals surface area contributed by atoms with E-state index < -0.39 is 0 Å². The number of allylic oxidation sites excluding steroid dienone is 1. The van der Waals surface area contributed by atoms with Gasteiger partial charge >= 0.3 is 5.97 Å². The molecule has 160 valence electrons. The SMILES string of the molecule is CCC[C@@H]1CC2=CC(=O)CCC2(C)C2CCC3(C)C(CC(C)C34CCC(=O)O4)C21. The first-order valence-corrected chi connectivity index (χ1v) is 12.2. The standard InChI is InChI=1S/C26H38O3/c1-5-6-17-14-18-15-19(27)7-10-24(18,3)20-8-11-25(4)21(23(17)20)13-16(2)26(25)12-9-22(28)29-26/h15-17,20-21,23H,5-14H2,1-4H3/t16?,17-,20?,21?,23?,24?,25?,26?/m1/s1. The van der Waals surface area contributed by atoms with Gasteiger partial charge in [0.1, 0.15) is 5.60 Å². The minimum Gasteiger partial charge on any atom is -0.458 e. The van der Waals surface area contributed by atoms with Gasteiger partial charge in [0.15, 0.2) is 5.78 Å². The Balaban J connectivity index is 1.57. The van der Waals surface area contributed by atoms with Crippen LogP contribution in [0.15, 0.2) is 11.6 Å². The molecule has 4 aliphatic carbocycles. The third kappa shape index (κ3) is 2.48. The van der Waals surface area contributed by atoms with Crippen molar-refractivity contribution in [1.82, 2.24) is 0 Å². The van der Waals surface area contributed by atoms with Gasteiger partial charge in [0.2, 0.25) is 0 Å². The Kier molecular flexibility index (Phi) is 4.40. The lowest BCUT2D eigenvalue weighted by molar-refractivity contribution is -0.176. The predicted molar refractivity (Wildman–Crippen MR) is 113 cm³/mol. The van der Waals surface area contributed by atoms with Crippen molar-refractivity contribution in [2.24, 2.45) is 40.4 Å². The van der Waals surface area contributed by atoms with Gasteiger partial charge in [-0.25, -0.2) is 0 Å². The van der Waals surface area contributed by atoms with E-state index in [1.165, 1.54) is 37.7 Å². The maximum absolute atomic E-state index is 12.2. The molecule has 1 heterocycles.